The Morgan fingerprint density at radius 2 is 2.08 bits per heavy atom. The van der Waals surface area contributed by atoms with Crippen LogP contribution in [0.3, 0.4) is 0 Å². The molecular formula is C9H11Cl2N. The van der Waals surface area contributed by atoms with Crippen LogP contribution in [0.15, 0.2) is 18.2 Å². The van der Waals surface area contributed by atoms with Crippen molar-refractivity contribution in [1.29, 1.82) is 0 Å². The van der Waals surface area contributed by atoms with E-state index in [4.69, 9.17) is 28.9 Å². The molecule has 1 atom stereocenters. The molecule has 3 heteroatoms. The fourth-order valence-corrected chi connectivity index (χ4v) is 1.44. The van der Waals surface area contributed by atoms with Crippen molar-refractivity contribution < 1.29 is 0 Å². The number of halogens is 2. The molecule has 0 unspecified atom stereocenters. The summed E-state index contributed by atoms with van der Waals surface area (Å²) in [5.74, 6) is 0. The Morgan fingerprint density at radius 1 is 1.42 bits per heavy atom. The highest BCUT2D eigenvalue weighted by Crippen LogP contribution is 2.21. The molecule has 0 saturated carbocycles. The van der Waals surface area contributed by atoms with Gasteiger partial charge in [-0.25, -0.2) is 0 Å². The maximum Gasteiger partial charge on any atom is 0.0439 e. The van der Waals surface area contributed by atoms with Gasteiger partial charge >= 0.3 is 0 Å². The van der Waals surface area contributed by atoms with Gasteiger partial charge in [0.2, 0.25) is 0 Å². The molecule has 1 rings (SSSR count). The van der Waals surface area contributed by atoms with Gasteiger partial charge in [0.15, 0.2) is 0 Å². The van der Waals surface area contributed by atoms with Crippen molar-refractivity contribution in [3.05, 3.63) is 33.8 Å². The lowest BCUT2D eigenvalue weighted by Crippen LogP contribution is -2.17. The summed E-state index contributed by atoms with van der Waals surface area (Å²) in [6.07, 6.45) is 0.763. The first-order chi connectivity index (χ1) is 5.59. The molecule has 66 valence electrons. The predicted molar refractivity (Wildman–Crippen MR) is 53.8 cm³/mol. The lowest BCUT2D eigenvalue weighted by molar-refractivity contribution is 0.738. The molecule has 0 aliphatic heterocycles. The molecule has 0 aliphatic carbocycles. The molecule has 0 radical (unpaired) electrons. The first-order valence-corrected chi connectivity index (χ1v) is 4.54. The summed E-state index contributed by atoms with van der Waals surface area (Å²) < 4.78 is 0. The summed E-state index contributed by atoms with van der Waals surface area (Å²) >= 11 is 11.7. The molecule has 0 aromatic heterocycles. The van der Waals surface area contributed by atoms with Gasteiger partial charge < -0.3 is 5.73 Å². The van der Waals surface area contributed by atoms with Crippen LogP contribution in [-0.2, 0) is 6.42 Å². The lowest BCUT2D eigenvalue weighted by atomic mass is 10.1. The Bertz CT molecular complexity index is 271. The quantitative estimate of drug-likeness (QED) is 0.787. The van der Waals surface area contributed by atoms with Crippen molar-refractivity contribution in [2.45, 2.75) is 19.4 Å². The summed E-state index contributed by atoms with van der Waals surface area (Å²) in [4.78, 5) is 0. The highest BCUT2D eigenvalue weighted by molar-refractivity contribution is 6.33. The van der Waals surface area contributed by atoms with Crippen molar-refractivity contribution >= 4 is 23.2 Å². The van der Waals surface area contributed by atoms with Gasteiger partial charge in [-0.05, 0) is 37.1 Å². The van der Waals surface area contributed by atoms with Gasteiger partial charge in [-0.1, -0.05) is 23.2 Å². The minimum atomic E-state index is 0.112. The van der Waals surface area contributed by atoms with Crippen LogP contribution in [0.5, 0.6) is 0 Å². The standard InChI is InChI=1S/C9H11Cl2N/c1-6(12)4-7-5-8(10)2-3-9(7)11/h2-3,5-6H,4,12H2,1H3/t6-/m0/s1. The van der Waals surface area contributed by atoms with E-state index in [1.54, 1.807) is 12.1 Å². The SMILES string of the molecule is C[C@H](N)Cc1cc(Cl)ccc1Cl. The maximum atomic E-state index is 5.93. The first-order valence-electron chi connectivity index (χ1n) is 3.79. The molecule has 2 N–H and O–H groups in total. The van der Waals surface area contributed by atoms with E-state index < -0.39 is 0 Å². The molecule has 0 fully saturated rings. The summed E-state index contributed by atoms with van der Waals surface area (Å²) in [7, 11) is 0. The Morgan fingerprint density at radius 3 is 2.67 bits per heavy atom. The average molecular weight is 204 g/mol. The van der Waals surface area contributed by atoms with Gasteiger partial charge in [-0.2, -0.15) is 0 Å². The summed E-state index contributed by atoms with van der Waals surface area (Å²) in [6.45, 7) is 1.94. The van der Waals surface area contributed by atoms with Gasteiger partial charge in [-0.3, -0.25) is 0 Å². The van der Waals surface area contributed by atoms with Crippen LogP contribution in [0.2, 0.25) is 10.0 Å². The minimum Gasteiger partial charge on any atom is -0.328 e. The zero-order valence-electron chi connectivity index (χ0n) is 6.85. The molecule has 0 aliphatic rings. The van der Waals surface area contributed by atoms with Crippen LogP contribution in [-0.4, -0.2) is 6.04 Å². The normalized spacial score (nSPS) is 13.0. The third kappa shape index (κ3) is 2.67. The second-order valence-electron chi connectivity index (χ2n) is 2.92. The summed E-state index contributed by atoms with van der Waals surface area (Å²) in [6, 6.07) is 5.53. The molecule has 1 nitrogen and oxygen atoms in total. The van der Waals surface area contributed by atoms with E-state index in [0.717, 1.165) is 17.0 Å². The molecule has 0 bridgehead atoms. The van der Waals surface area contributed by atoms with Gasteiger partial charge in [-0.15, -0.1) is 0 Å². The van der Waals surface area contributed by atoms with Gasteiger partial charge in [0.05, 0.1) is 0 Å². The molecule has 12 heavy (non-hydrogen) atoms. The average Bonchev–Trinajstić information content (AvgIpc) is 1.96. The largest absolute Gasteiger partial charge is 0.328 e. The van der Waals surface area contributed by atoms with Crippen LogP contribution in [0, 0.1) is 0 Å². The molecule has 0 heterocycles. The Balaban J connectivity index is 2.90. The van der Waals surface area contributed by atoms with Crippen molar-refractivity contribution in [1.82, 2.24) is 0 Å². The minimum absolute atomic E-state index is 0.112. The monoisotopic (exact) mass is 203 g/mol. The van der Waals surface area contributed by atoms with Crippen molar-refractivity contribution in [2.75, 3.05) is 0 Å². The number of hydrogen-bond acceptors (Lipinski definition) is 1. The summed E-state index contributed by atoms with van der Waals surface area (Å²) in [5.41, 5.74) is 6.65. The van der Waals surface area contributed by atoms with E-state index in [9.17, 15) is 0 Å². The highest BCUT2D eigenvalue weighted by Gasteiger charge is 2.03. The Labute approximate surface area is 82.5 Å². The van der Waals surface area contributed by atoms with E-state index in [2.05, 4.69) is 0 Å². The van der Waals surface area contributed by atoms with E-state index in [1.807, 2.05) is 13.0 Å². The predicted octanol–water partition coefficient (Wildman–Crippen LogP) is 2.88. The lowest BCUT2D eigenvalue weighted by Gasteiger charge is -2.07. The van der Waals surface area contributed by atoms with Crippen LogP contribution >= 0.6 is 23.2 Å². The third-order valence-electron chi connectivity index (χ3n) is 1.55. The van der Waals surface area contributed by atoms with Gasteiger partial charge in [0.1, 0.15) is 0 Å². The number of benzene rings is 1. The fraction of sp³-hybridized carbons (Fsp3) is 0.333. The zero-order chi connectivity index (χ0) is 9.14. The summed E-state index contributed by atoms with van der Waals surface area (Å²) in [5, 5.41) is 1.44. The van der Waals surface area contributed by atoms with Crippen LogP contribution in [0.25, 0.3) is 0 Å². The fourth-order valence-electron chi connectivity index (χ4n) is 1.05. The second-order valence-corrected chi connectivity index (χ2v) is 3.76. The van der Waals surface area contributed by atoms with Crippen molar-refractivity contribution in [2.24, 2.45) is 5.73 Å². The Hall–Kier alpha value is -0.240. The molecule has 1 aromatic carbocycles. The topological polar surface area (TPSA) is 26.0 Å². The van der Waals surface area contributed by atoms with Gasteiger partial charge in [0, 0.05) is 16.1 Å². The second kappa shape index (κ2) is 4.13. The van der Waals surface area contributed by atoms with Crippen LogP contribution in [0.4, 0.5) is 0 Å². The van der Waals surface area contributed by atoms with E-state index in [1.165, 1.54) is 0 Å². The number of rotatable bonds is 2. The number of nitrogens with two attached hydrogens (primary N) is 1. The molecular weight excluding hydrogens is 193 g/mol. The molecule has 1 aromatic rings. The smallest absolute Gasteiger partial charge is 0.0439 e. The molecule has 0 saturated heterocycles. The van der Waals surface area contributed by atoms with Crippen LogP contribution < -0.4 is 5.73 Å². The van der Waals surface area contributed by atoms with Crippen molar-refractivity contribution in [3.63, 3.8) is 0 Å². The molecule has 0 amide bonds. The first kappa shape index (κ1) is 9.85. The van der Waals surface area contributed by atoms with Crippen LogP contribution in [0.1, 0.15) is 12.5 Å². The Kier molecular flexibility index (Phi) is 3.39. The number of hydrogen-bond donors (Lipinski definition) is 1. The van der Waals surface area contributed by atoms with E-state index in [0.29, 0.717) is 5.02 Å². The van der Waals surface area contributed by atoms with E-state index in [-0.39, 0.29) is 6.04 Å². The molecule has 0 spiro atoms. The zero-order valence-corrected chi connectivity index (χ0v) is 8.36. The van der Waals surface area contributed by atoms with Crippen molar-refractivity contribution in [3.8, 4) is 0 Å². The van der Waals surface area contributed by atoms with Gasteiger partial charge in [0.25, 0.3) is 0 Å². The van der Waals surface area contributed by atoms with E-state index >= 15 is 0 Å². The highest BCUT2D eigenvalue weighted by atomic mass is 35.5. The third-order valence-corrected chi connectivity index (χ3v) is 2.15. The maximum absolute atomic E-state index is 5.93.